The average Bonchev–Trinajstić information content (AvgIpc) is 1.40. The van der Waals surface area contributed by atoms with Crippen LogP contribution in [0, 0.1) is 0 Å². The average molecular weight is 1310 g/mol. The largest absolute Gasteiger partial charge is 0.309 e. The highest BCUT2D eigenvalue weighted by atomic mass is 15.0. The van der Waals surface area contributed by atoms with Crippen LogP contribution in [0.4, 0.5) is 0 Å². The van der Waals surface area contributed by atoms with Crippen molar-refractivity contribution in [2.24, 2.45) is 0 Å². The minimum Gasteiger partial charge on any atom is -0.309 e. The summed E-state index contributed by atoms with van der Waals surface area (Å²) in [6.45, 7) is 0. The lowest BCUT2D eigenvalue weighted by Gasteiger charge is -2.24. The second-order valence-electron chi connectivity index (χ2n) is 27.2. The van der Waals surface area contributed by atoms with Crippen molar-refractivity contribution in [1.82, 2.24) is 19.5 Å². The van der Waals surface area contributed by atoms with Gasteiger partial charge in [0.25, 0.3) is 0 Å². The zero-order valence-electron chi connectivity index (χ0n) is 55.9. The van der Waals surface area contributed by atoms with Gasteiger partial charge >= 0.3 is 0 Å². The first-order valence-corrected chi connectivity index (χ1v) is 35.4. The number of fused-ring (bicyclic) bond motifs is 15. The predicted octanol–water partition coefficient (Wildman–Crippen LogP) is 26.6. The number of para-hydroxylation sites is 2. The third kappa shape index (κ3) is 9.35. The van der Waals surface area contributed by atoms with Crippen molar-refractivity contribution in [3.8, 4) is 107 Å². The zero-order chi connectivity index (χ0) is 67.6. The molecule has 0 saturated heterocycles. The van der Waals surface area contributed by atoms with Crippen LogP contribution in [0.5, 0.6) is 0 Å². The van der Waals surface area contributed by atoms with E-state index in [1.165, 1.54) is 136 Å². The lowest BCUT2D eigenvalue weighted by atomic mass is 9.78. The highest BCUT2D eigenvalue weighted by Crippen LogP contribution is 2.54. The van der Waals surface area contributed by atoms with Crippen LogP contribution in [0.2, 0.25) is 0 Å². The van der Waals surface area contributed by atoms with Gasteiger partial charge in [0.15, 0.2) is 17.5 Å². The summed E-state index contributed by atoms with van der Waals surface area (Å²) in [7, 11) is 0. The summed E-state index contributed by atoms with van der Waals surface area (Å²) >= 11 is 0. The maximum absolute atomic E-state index is 5.19. The fourth-order valence-electron chi connectivity index (χ4n) is 16.9. The molecule has 2 heterocycles. The van der Waals surface area contributed by atoms with Gasteiger partial charge in [-0.25, -0.2) is 15.0 Å². The van der Waals surface area contributed by atoms with Crippen molar-refractivity contribution in [1.29, 1.82) is 0 Å². The molecule has 476 valence electrons. The molecule has 0 aliphatic carbocycles. The van der Waals surface area contributed by atoms with Gasteiger partial charge in [-0.1, -0.05) is 309 Å². The van der Waals surface area contributed by atoms with E-state index < -0.39 is 0 Å². The molecule has 0 unspecified atom stereocenters. The van der Waals surface area contributed by atoms with Crippen molar-refractivity contribution in [2.75, 3.05) is 0 Å². The Morgan fingerprint density at radius 1 is 0.165 bits per heavy atom. The first-order valence-electron chi connectivity index (χ1n) is 35.4. The monoisotopic (exact) mass is 1300 g/mol. The molecule has 21 rings (SSSR count). The van der Waals surface area contributed by atoms with Crippen molar-refractivity contribution < 1.29 is 0 Å². The van der Waals surface area contributed by atoms with Gasteiger partial charge in [-0.3, -0.25) is 0 Å². The van der Waals surface area contributed by atoms with E-state index in [9.17, 15) is 0 Å². The molecule has 103 heavy (non-hydrogen) atoms. The topological polar surface area (TPSA) is 43.6 Å². The summed E-state index contributed by atoms with van der Waals surface area (Å²) in [5.41, 5.74) is 20.2. The number of aromatic nitrogens is 4. The van der Waals surface area contributed by atoms with Crippen LogP contribution < -0.4 is 0 Å². The Kier molecular flexibility index (Phi) is 13.3. The van der Waals surface area contributed by atoms with Gasteiger partial charge in [0.2, 0.25) is 0 Å². The van der Waals surface area contributed by atoms with E-state index in [-0.39, 0.29) is 0 Å². The summed E-state index contributed by atoms with van der Waals surface area (Å²) in [6, 6.07) is 134. The molecular weight excluding hydrogens is 1250 g/mol. The van der Waals surface area contributed by atoms with Gasteiger partial charge < -0.3 is 4.57 Å². The molecule has 4 nitrogen and oxygen atoms in total. The molecule has 0 spiro atoms. The molecular formula is C99H60N4. The Morgan fingerprint density at radius 2 is 0.515 bits per heavy atom. The summed E-state index contributed by atoms with van der Waals surface area (Å²) in [6.07, 6.45) is 0. The van der Waals surface area contributed by atoms with Crippen LogP contribution in [0.15, 0.2) is 364 Å². The zero-order valence-corrected chi connectivity index (χ0v) is 55.9. The highest BCUT2D eigenvalue weighted by Gasteiger charge is 2.27. The van der Waals surface area contributed by atoms with E-state index in [1.807, 2.05) is 36.4 Å². The Morgan fingerprint density at radius 3 is 1.06 bits per heavy atom. The van der Waals surface area contributed by atoms with E-state index in [4.69, 9.17) is 15.0 Å². The lowest BCUT2D eigenvalue weighted by Crippen LogP contribution is -2.00. The van der Waals surface area contributed by atoms with Crippen LogP contribution in [0.1, 0.15) is 0 Å². The van der Waals surface area contributed by atoms with Crippen LogP contribution in [-0.2, 0) is 0 Å². The first kappa shape index (κ1) is 58.3. The first-order chi connectivity index (χ1) is 51.1. The summed E-state index contributed by atoms with van der Waals surface area (Å²) in [5, 5.41) is 22.2. The molecule has 0 saturated carbocycles. The van der Waals surface area contributed by atoms with E-state index in [2.05, 4.69) is 332 Å². The standard InChI is InChI=1S/C99H60N4/c1-6-25-61(26-7-1)82-58-88-78-41-23-43-80-93(78)94-79(89(88)59-83(82)62-27-8-2-9-28-62)42-24-44-81(94)96-92(64-29-10-3-11-30-64)84(63-47-49-67(50-48-63)99-101-97(65-31-12-4-13-32-65)100-98(102-99)66-33-14-5-15-34-66)60-85(95(80)96)70-36-22-35-68(55-70)69-51-53-74-75-54-52-71(57-87(75)73-38-17-16-37-72(73)86(74)56-69)103-90-45-20-18-39-76(90)77-40-19-21-46-91(77)103/h1-60H. The molecule has 0 N–H and O–H groups in total. The quantitative estimate of drug-likeness (QED) is 0.101. The molecule has 19 aromatic carbocycles. The summed E-state index contributed by atoms with van der Waals surface area (Å²) in [5.74, 6) is 1.87. The molecule has 0 atom stereocenters. The Labute approximate surface area is 594 Å². The Balaban J connectivity index is 0.808. The molecule has 0 aliphatic heterocycles. The summed E-state index contributed by atoms with van der Waals surface area (Å²) < 4.78 is 2.43. The Bertz CT molecular complexity index is 6860. The molecule has 2 aromatic heterocycles. The predicted molar refractivity (Wildman–Crippen MR) is 434 cm³/mol. The fourth-order valence-corrected chi connectivity index (χ4v) is 16.9. The van der Waals surface area contributed by atoms with Gasteiger partial charge in [0.1, 0.15) is 0 Å². The van der Waals surface area contributed by atoms with E-state index in [1.54, 1.807) is 0 Å². The molecule has 4 heteroatoms. The molecule has 0 amide bonds. The van der Waals surface area contributed by atoms with Crippen molar-refractivity contribution >= 4 is 108 Å². The van der Waals surface area contributed by atoms with Gasteiger partial charge in [-0.2, -0.15) is 0 Å². The van der Waals surface area contributed by atoms with Crippen molar-refractivity contribution in [2.45, 2.75) is 0 Å². The van der Waals surface area contributed by atoms with Crippen LogP contribution in [0.3, 0.4) is 0 Å². The molecule has 21 aromatic rings. The second kappa shape index (κ2) is 23.5. The normalized spacial score (nSPS) is 11.9. The van der Waals surface area contributed by atoms with Crippen LogP contribution in [0.25, 0.3) is 215 Å². The van der Waals surface area contributed by atoms with E-state index in [0.717, 1.165) is 61.3 Å². The highest BCUT2D eigenvalue weighted by molar-refractivity contribution is 6.43. The summed E-state index contributed by atoms with van der Waals surface area (Å²) in [4.78, 5) is 15.4. The number of hydrogen-bond donors (Lipinski definition) is 0. The van der Waals surface area contributed by atoms with Crippen molar-refractivity contribution in [3.63, 3.8) is 0 Å². The minimum atomic E-state index is 0.611. The minimum absolute atomic E-state index is 0.611. The lowest BCUT2D eigenvalue weighted by molar-refractivity contribution is 1.07. The van der Waals surface area contributed by atoms with Crippen LogP contribution in [-0.4, -0.2) is 19.5 Å². The van der Waals surface area contributed by atoms with Crippen LogP contribution >= 0.6 is 0 Å². The molecule has 0 radical (unpaired) electrons. The molecule has 0 bridgehead atoms. The number of benzene rings is 19. The van der Waals surface area contributed by atoms with Gasteiger partial charge in [-0.05, 0) is 208 Å². The van der Waals surface area contributed by atoms with Crippen molar-refractivity contribution in [3.05, 3.63) is 364 Å². The third-order valence-corrected chi connectivity index (χ3v) is 21.5. The van der Waals surface area contributed by atoms with E-state index in [0.29, 0.717) is 17.5 Å². The maximum atomic E-state index is 5.19. The maximum Gasteiger partial charge on any atom is 0.164 e. The van der Waals surface area contributed by atoms with Gasteiger partial charge in [0, 0.05) is 33.2 Å². The number of rotatable bonds is 10. The third-order valence-electron chi connectivity index (χ3n) is 21.5. The molecule has 0 fully saturated rings. The smallest absolute Gasteiger partial charge is 0.164 e. The number of hydrogen-bond acceptors (Lipinski definition) is 3. The molecule has 0 aliphatic rings. The number of nitrogens with zero attached hydrogens (tertiary/aromatic N) is 4. The fraction of sp³-hybridized carbons (Fsp3) is 0. The second-order valence-corrected chi connectivity index (χ2v) is 27.2. The Hall–Kier alpha value is -13.7. The van der Waals surface area contributed by atoms with Gasteiger partial charge in [0.05, 0.1) is 11.0 Å². The SMILES string of the molecule is c1ccc(-c2nc(-c3ccccc3)nc(-c3ccc(-c4cc(-c5cccc(-c6ccc7c8ccc(-n9c%10ccccc%10c%10ccccc%109)cc8c8ccccc8c7c6)c5)c5c6cccc7c8cc(-c9ccccc9)c(-c9ccccc9)cc8c8cccc(c5c4-c4ccccc4)c8c76)cc3)n2)cc1. The van der Waals surface area contributed by atoms with E-state index >= 15 is 0 Å². The van der Waals surface area contributed by atoms with Gasteiger partial charge in [-0.15, -0.1) is 0 Å².